The van der Waals surface area contributed by atoms with Crippen molar-refractivity contribution in [3.05, 3.63) is 22.3 Å². The van der Waals surface area contributed by atoms with Crippen LogP contribution in [0.3, 0.4) is 0 Å². The molecule has 2 heteroatoms. The van der Waals surface area contributed by atoms with Gasteiger partial charge in [0.05, 0.1) is 0 Å². The number of hydrogen-bond donors (Lipinski definition) is 1. The molecule has 0 spiro atoms. The molecule has 21 heavy (non-hydrogen) atoms. The first-order valence-corrected chi connectivity index (χ1v) is 16.5. The molecule has 1 nitrogen and oxygen atoms in total. The first-order valence-electron chi connectivity index (χ1n) is 9.04. The third kappa shape index (κ3) is 8.44. The van der Waals surface area contributed by atoms with Gasteiger partial charge in [-0.2, -0.15) is 0 Å². The second-order valence-corrected chi connectivity index (χ2v) is 20.4. The van der Waals surface area contributed by atoms with Crippen molar-refractivity contribution < 1.29 is 5.11 Å². The zero-order valence-corrected chi connectivity index (χ0v) is 17.8. The van der Waals surface area contributed by atoms with Gasteiger partial charge in [0.2, 0.25) is 0 Å². The molecule has 0 aliphatic heterocycles. The Labute approximate surface area is 137 Å². The standard InChI is InChI=1S/C7H11O.3C4H9.Sn/c1-3-5-7(8)6-4-2;3*1-3-4-2;/h3,6-8H,1,5H2,2H3;3*1,3-4H2,2H3;/t7-;;;;/m0..../s1. The molecule has 0 aromatic carbocycles. The third-order valence-electron chi connectivity index (χ3n) is 4.71. The number of allylic oxidation sites excluding steroid dienone is 1. The average Bonchev–Trinajstić information content (AvgIpc) is 2.47. The third-order valence-corrected chi connectivity index (χ3v) is 21.2. The first kappa shape index (κ1) is 21.2. The summed E-state index contributed by atoms with van der Waals surface area (Å²) in [5.74, 6) is 0. The Hall–Kier alpha value is 0.239. The van der Waals surface area contributed by atoms with Crippen LogP contribution in [0.2, 0.25) is 13.3 Å². The van der Waals surface area contributed by atoms with E-state index >= 15 is 0 Å². The molecule has 0 heterocycles. The van der Waals surface area contributed by atoms with E-state index in [0.717, 1.165) is 0 Å². The number of unbranched alkanes of at least 4 members (excludes halogenated alkanes) is 3. The van der Waals surface area contributed by atoms with Gasteiger partial charge in [0, 0.05) is 0 Å². The van der Waals surface area contributed by atoms with Gasteiger partial charge in [-0.25, -0.2) is 0 Å². The van der Waals surface area contributed by atoms with Gasteiger partial charge in [-0.15, -0.1) is 0 Å². The second kappa shape index (κ2) is 12.8. The predicted molar refractivity (Wildman–Crippen MR) is 99.5 cm³/mol. The number of hydrogen-bond acceptors (Lipinski definition) is 1. The van der Waals surface area contributed by atoms with Gasteiger partial charge in [-0.3, -0.25) is 0 Å². The molecular weight excluding hydrogens is 363 g/mol. The van der Waals surface area contributed by atoms with E-state index in [9.17, 15) is 5.11 Å². The summed E-state index contributed by atoms with van der Waals surface area (Å²) < 4.78 is 6.06. The Morgan fingerprint density at radius 3 is 1.76 bits per heavy atom. The molecule has 0 unspecified atom stereocenters. The monoisotopic (exact) mass is 402 g/mol. The van der Waals surface area contributed by atoms with Crippen molar-refractivity contribution in [2.24, 2.45) is 0 Å². The summed E-state index contributed by atoms with van der Waals surface area (Å²) in [6, 6.07) is 0. The summed E-state index contributed by atoms with van der Waals surface area (Å²) in [5, 5.41) is 10.1. The fourth-order valence-electron chi connectivity index (χ4n) is 3.22. The Morgan fingerprint density at radius 1 is 1.00 bits per heavy atom. The molecule has 0 aromatic heterocycles. The number of aliphatic hydroxyl groups is 1. The van der Waals surface area contributed by atoms with Crippen molar-refractivity contribution in [1.82, 2.24) is 0 Å². The second-order valence-electron chi connectivity index (χ2n) is 6.53. The quantitative estimate of drug-likeness (QED) is 0.285. The zero-order valence-electron chi connectivity index (χ0n) is 15.0. The molecule has 0 aliphatic rings. The molecule has 0 radical (unpaired) electrons. The molecule has 1 N–H and O–H groups in total. The first-order chi connectivity index (χ1) is 10.1. The molecule has 0 rings (SSSR count). The minimum atomic E-state index is -2.26. The summed E-state index contributed by atoms with van der Waals surface area (Å²) in [6.45, 7) is 13.0. The maximum absolute atomic E-state index is 10.1. The van der Waals surface area contributed by atoms with E-state index in [0.29, 0.717) is 6.42 Å². The van der Waals surface area contributed by atoms with Crippen molar-refractivity contribution in [2.75, 3.05) is 0 Å². The normalized spacial score (nSPS) is 14.2. The fourth-order valence-corrected chi connectivity index (χ4v) is 19.1. The topological polar surface area (TPSA) is 20.2 Å². The van der Waals surface area contributed by atoms with Gasteiger partial charge in [0.15, 0.2) is 0 Å². The van der Waals surface area contributed by atoms with Gasteiger partial charge in [0.1, 0.15) is 0 Å². The minimum absolute atomic E-state index is 0.316. The predicted octanol–water partition coefficient (Wildman–Crippen LogP) is 6.26. The molecule has 0 aromatic rings. The van der Waals surface area contributed by atoms with Crippen LogP contribution < -0.4 is 0 Å². The van der Waals surface area contributed by atoms with Crippen LogP contribution in [0.4, 0.5) is 0 Å². The van der Waals surface area contributed by atoms with Crippen molar-refractivity contribution in [1.29, 1.82) is 0 Å². The van der Waals surface area contributed by atoms with Crippen LogP contribution in [-0.2, 0) is 0 Å². The van der Waals surface area contributed by atoms with Crippen molar-refractivity contribution in [2.45, 2.75) is 92.1 Å². The number of rotatable bonds is 13. The summed E-state index contributed by atoms with van der Waals surface area (Å²) in [4.78, 5) is 0. The van der Waals surface area contributed by atoms with Gasteiger partial charge in [0.25, 0.3) is 0 Å². The molecule has 0 aliphatic carbocycles. The van der Waals surface area contributed by atoms with E-state index in [2.05, 4.69) is 40.3 Å². The van der Waals surface area contributed by atoms with E-state index in [1.807, 2.05) is 6.08 Å². The van der Waals surface area contributed by atoms with Gasteiger partial charge in [-0.1, -0.05) is 0 Å². The van der Waals surface area contributed by atoms with Crippen LogP contribution in [0.25, 0.3) is 0 Å². The van der Waals surface area contributed by atoms with Crippen LogP contribution in [0, 0.1) is 0 Å². The van der Waals surface area contributed by atoms with Crippen molar-refractivity contribution in [3.8, 4) is 0 Å². The van der Waals surface area contributed by atoms with E-state index in [-0.39, 0.29) is 6.10 Å². The van der Waals surface area contributed by atoms with Gasteiger partial charge < -0.3 is 0 Å². The molecule has 0 fully saturated rings. The Balaban J connectivity index is 5.20. The Bertz CT molecular complexity index is 274. The number of aliphatic hydroxyl groups excluding tert-OH is 1. The van der Waals surface area contributed by atoms with Crippen LogP contribution >= 0.6 is 0 Å². The molecule has 0 saturated carbocycles. The zero-order chi connectivity index (χ0) is 16.1. The van der Waals surface area contributed by atoms with Crippen LogP contribution in [0.15, 0.2) is 22.3 Å². The molecular formula is C19H38OSn. The maximum atomic E-state index is 10.1. The summed E-state index contributed by atoms with van der Waals surface area (Å²) in [7, 11) is 0. The molecule has 1 atom stereocenters. The Kier molecular flexibility index (Phi) is 12.9. The van der Waals surface area contributed by atoms with E-state index in [1.165, 1.54) is 51.8 Å². The summed E-state index contributed by atoms with van der Waals surface area (Å²) in [5.41, 5.74) is 0. The van der Waals surface area contributed by atoms with E-state index in [1.54, 1.807) is 3.59 Å². The summed E-state index contributed by atoms with van der Waals surface area (Å²) >= 11 is -2.26. The average molecular weight is 401 g/mol. The van der Waals surface area contributed by atoms with Crippen LogP contribution in [0.5, 0.6) is 0 Å². The Morgan fingerprint density at radius 2 is 1.43 bits per heavy atom. The van der Waals surface area contributed by atoms with E-state index in [4.69, 9.17) is 0 Å². The molecule has 0 amide bonds. The molecule has 0 saturated heterocycles. The van der Waals surface area contributed by atoms with Crippen molar-refractivity contribution in [3.63, 3.8) is 0 Å². The molecule has 124 valence electrons. The van der Waals surface area contributed by atoms with Gasteiger partial charge in [-0.05, 0) is 0 Å². The summed E-state index contributed by atoms with van der Waals surface area (Å²) in [6.07, 6.45) is 12.5. The van der Waals surface area contributed by atoms with Crippen molar-refractivity contribution >= 4 is 18.4 Å². The van der Waals surface area contributed by atoms with Gasteiger partial charge >= 0.3 is 138 Å². The SMILES string of the molecule is C=CC[C@H](O)/C=[C](\C)[Sn]([CH2]CCC)([CH2]CCC)[CH2]CCC. The molecule has 0 bridgehead atoms. The fraction of sp³-hybridized carbons (Fsp3) is 0.789. The van der Waals surface area contributed by atoms with Crippen LogP contribution in [-0.4, -0.2) is 29.6 Å². The van der Waals surface area contributed by atoms with E-state index < -0.39 is 18.4 Å². The van der Waals surface area contributed by atoms with Crippen LogP contribution in [0.1, 0.15) is 72.6 Å².